The Morgan fingerprint density at radius 3 is 2.47 bits per heavy atom. The van der Waals surface area contributed by atoms with E-state index >= 15 is 0 Å². The van der Waals surface area contributed by atoms with Crippen molar-refractivity contribution in [1.82, 2.24) is 5.32 Å². The number of amides is 1. The van der Waals surface area contributed by atoms with E-state index in [0.717, 1.165) is 5.56 Å². The molecule has 0 aliphatic carbocycles. The molecule has 0 spiro atoms. The standard InChI is InChI=1S/C12H15NO4S.Na/c14-11(15)10(6-7-18)13-12(16)17-8-9-4-2-1-3-5-9;/h1-5,10,18H,6-8H2,(H,13,16)(H,14,15);/q;+1/p-1/t10-;/m0./s1. The molecule has 5 nitrogen and oxygen atoms in total. The second-order valence-corrected chi connectivity index (χ2v) is 4.04. The Bertz CT molecular complexity index is 402. The van der Waals surface area contributed by atoms with Crippen molar-refractivity contribution in [2.75, 3.05) is 5.75 Å². The predicted molar refractivity (Wildman–Crippen MR) is 67.0 cm³/mol. The van der Waals surface area contributed by atoms with E-state index in [9.17, 15) is 14.7 Å². The zero-order valence-corrected chi connectivity index (χ0v) is 13.6. The molecule has 0 bridgehead atoms. The van der Waals surface area contributed by atoms with Crippen molar-refractivity contribution >= 4 is 24.7 Å². The van der Waals surface area contributed by atoms with Crippen LogP contribution in [-0.2, 0) is 16.1 Å². The number of alkyl carbamates (subject to hydrolysis) is 1. The van der Waals surface area contributed by atoms with E-state index in [1.807, 2.05) is 18.2 Å². The maximum atomic E-state index is 11.4. The van der Waals surface area contributed by atoms with Crippen molar-refractivity contribution in [3.05, 3.63) is 35.9 Å². The molecule has 0 aliphatic heterocycles. The SMILES string of the molecule is O=C(N[C@@H](CCS)C(=O)[O-])OCc1ccccc1.[Na+]. The molecule has 98 valence electrons. The summed E-state index contributed by atoms with van der Waals surface area (Å²) >= 11 is 3.90. The first-order chi connectivity index (χ1) is 8.63. The van der Waals surface area contributed by atoms with Gasteiger partial charge in [-0.15, -0.1) is 0 Å². The van der Waals surface area contributed by atoms with Crippen molar-refractivity contribution in [2.45, 2.75) is 19.1 Å². The van der Waals surface area contributed by atoms with Gasteiger partial charge in [-0.25, -0.2) is 4.79 Å². The molecule has 1 aromatic rings. The number of aliphatic carboxylic acids is 1. The van der Waals surface area contributed by atoms with Crippen LogP contribution in [0.4, 0.5) is 4.79 Å². The second-order valence-electron chi connectivity index (χ2n) is 3.59. The smallest absolute Gasteiger partial charge is 0.548 e. The summed E-state index contributed by atoms with van der Waals surface area (Å²) in [5, 5.41) is 12.9. The molecule has 19 heavy (non-hydrogen) atoms. The number of carbonyl (C=O) groups is 2. The summed E-state index contributed by atoms with van der Waals surface area (Å²) in [6.45, 7) is 0.0906. The van der Waals surface area contributed by atoms with Crippen molar-refractivity contribution in [1.29, 1.82) is 0 Å². The molecule has 0 fully saturated rings. The molecular formula is C12H14NNaO4S. The summed E-state index contributed by atoms with van der Waals surface area (Å²) in [5.41, 5.74) is 0.826. The largest absolute Gasteiger partial charge is 1.00 e. The van der Waals surface area contributed by atoms with Gasteiger partial charge in [0.25, 0.3) is 0 Å². The number of carboxylic acids is 1. The first-order valence-electron chi connectivity index (χ1n) is 5.42. The molecule has 1 N–H and O–H groups in total. The number of thiol groups is 1. The van der Waals surface area contributed by atoms with E-state index in [1.165, 1.54) is 0 Å². The number of carbonyl (C=O) groups excluding carboxylic acids is 2. The van der Waals surface area contributed by atoms with Crippen LogP contribution in [0, 0.1) is 0 Å². The zero-order valence-electron chi connectivity index (χ0n) is 10.7. The summed E-state index contributed by atoms with van der Waals surface area (Å²) in [6.07, 6.45) is -0.596. The molecule has 0 aromatic heterocycles. The quantitative estimate of drug-likeness (QED) is 0.443. The van der Waals surface area contributed by atoms with Gasteiger partial charge in [0.2, 0.25) is 0 Å². The van der Waals surface area contributed by atoms with E-state index in [4.69, 9.17) is 4.74 Å². The molecule has 1 amide bonds. The molecular weight excluding hydrogens is 277 g/mol. The molecule has 1 aromatic carbocycles. The number of carboxylic acid groups (broad SMARTS) is 1. The fraction of sp³-hybridized carbons (Fsp3) is 0.333. The third-order valence-electron chi connectivity index (χ3n) is 2.21. The van der Waals surface area contributed by atoms with Gasteiger partial charge >= 0.3 is 35.7 Å². The van der Waals surface area contributed by atoms with Gasteiger partial charge in [0.05, 0.1) is 12.0 Å². The third-order valence-corrected chi connectivity index (χ3v) is 2.47. The fourth-order valence-electron chi connectivity index (χ4n) is 1.29. The molecule has 0 saturated carbocycles. The maximum Gasteiger partial charge on any atom is 1.00 e. The van der Waals surface area contributed by atoms with Crippen molar-refractivity contribution < 1.29 is 49.0 Å². The van der Waals surface area contributed by atoms with Crippen LogP contribution in [0.15, 0.2) is 30.3 Å². The van der Waals surface area contributed by atoms with E-state index in [-0.39, 0.29) is 42.6 Å². The first-order valence-corrected chi connectivity index (χ1v) is 6.05. The summed E-state index contributed by atoms with van der Waals surface area (Å²) in [4.78, 5) is 22.0. The molecule has 0 saturated heterocycles. The van der Waals surface area contributed by atoms with E-state index in [0.29, 0.717) is 5.75 Å². The van der Waals surface area contributed by atoms with Crippen LogP contribution >= 0.6 is 12.6 Å². The summed E-state index contributed by atoms with van der Waals surface area (Å²) < 4.78 is 4.89. The monoisotopic (exact) mass is 291 g/mol. The summed E-state index contributed by atoms with van der Waals surface area (Å²) in [7, 11) is 0. The number of hydrogen-bond acceptors (Lipinski definition) is 5. The maximum absolute atomic E-state index is 11.4. The van der Waals surface area contributed by atoms with Crippen molar-refractivity contribution in [3.63, 3.8) is 0 Å². The van der Waals surface area contributed by atoms with Gasteiger partial charge in [-0.05, 0) is 17.7 Å². The van der Waals surface area contributed by atoms with Gasteiger partial charge in [0, 0.05) is 0 Å². The molecule has 0 aliphatic rings. The summed E-state index contributed by atoms with van der Waals surface area (Å²) in [5.74, 6) is -1.02. The number of rotatable bonds is 6. The first kappa shape index (κ1) is 18.3. The van der Waals surface area contributed by atoms with Crippen LogP contribution in [0.25, 0.3) is 0 Å². The number of benzene rings is 1. The Morgan fingerprint density at radius 2 is 1.95 bits per heavy atom. The molecule has 0 heterocycles. The van der Waals surface area contributed by atoms with Crippen molar-refractivity contribution in [3.8, 4) is 0 Å². The van der Waals surface area contributed by atoms with E-state index in [1.54, 1.807) is 12.1 Å². The fourth-order valence-corrected chi connectivity index (χ4v) is 1.54. The predicted octanol–water partition coefficient (Wildman–Crippen LogP) is -2.64. The Hall–Kier alpha value is -0.690. The Kier molecular flexibility index (Phi) is 9.77. The Labute approximate surface area is 139 Å². The Morgan fingerprint density at radius 1 is 1.32 bits per heavy atom. The minimum atomic E-state index is -1.35. The average molecular weight is 291 g/mol. The molecule has 0 radical (unpaired) electrons. The van der Waals surface area contributed by atoms with Crippen LogP contribution < -0.4 is 40.0 Å². The Balaban J connectivity index is 0.00000324. The molecule has 7 heteroatoms. The van der Waals surface area contributed by atoms with E-state index in [2.05, 4.69) is 17.9 Å². The van der Waals surface area contributed by atoms with E-state index < -0.39 is 18.1 Å². The molecule has 1 atom stereocenters. The average Bonchev–Trinajstić information content (AvgIpc) is 2.37. The minimum Gasteiger partial charge on any atom is -0.548 e. The topological polar surface area (TPSA) is 78.5 Å². The van der Waals surface area contributed by atoms with Gasteiger partial charge in [-0.2, -0.15) is 12.6 Å². The number of nitrogens with one attached hydrogen (secondary N) is 1. The number of hydrogen-bond donors (Lipinski definition) is 2. The zero-order chi connectivity index (χ0) is 13.4. The molecule has 1 rings (SSSR count). The van der Waals surface area contributed by atoms with Gasteiger partial charge in [-0.1, -0.05) is 30.3 Å². The number of ether oxygens (including phenoxy) is 1. The normalized spacial score (nSPS) is 11.0. The van der Waals surface area contributed by atoms with Crippen LogP contribution in [0.1, 0.15) is 12.0 Å². The van der Waals surface area contributed by atoms with Gasteiger partial charge in [0.1, 0.15) is 6.61 Å². The summed E-state index contributed by atoms with van der Waals surface area (Å²) in [6, 6.07) is 8.02. The third kappa shape index (κ3) is 7.47. The van der Waals surface area contributed by atoms with Gasteiger partial charge in [-0.3, -0.25) is 0 Å². The van der Waals surface area contributed by atoms with Crippen LogP contribution in [0.3, 0.4) is 0 Å². The van der Waals surface area contributed by atoms with Gasteiger partial charge in [0.15, 0.2) is 0 Å². The van der Waals surface area contributed by atoms with Crippen molar-refractivity contribution in [2.24, 2.45) is 0 Å². The minimum absolute atomic E-state index is 0. The molecule has 0 unspecified atom stereocenters. The van der Waals surface area contributed by atoms with Gasteiger partial charge < -0.3 is 20.0 Å². The van der Waals surface area contributed by atoms with Crippen LogP contribution in [-0.4, -0.2) is 23.9 Å². The van der Waals surface area contributed by atoms with Crippen LogP contribution in [0.5, 0.6) is 0 Å². The second kappa shape index (κ2) is 10.1. The van der Waals surface area contributed by atoms with Crippen LogP contribution in [0.2, 0.25) is 0 Å².